The molecule has 4 rings (SSSR count). The molecule has 0 aliphatic carbocycles. The van der Waals surface area contributed by atoms with Crippen molar-refractivity contribution < 1.29 is 18.8 Å². The highest BCUT2D eigenvalue weighted by molar-refractivity contribution is 6.31. The van der Waals surface area contributed by atoms with Crippen molar-refractivity contribution in [1.29, 1.82) is 0 Å². The quantitative estimate of drug-likeness (QED) is 0.580. The zero-order chi connectivity index (χ0) is 20.4. The molecule has 1 aliphatic rings. The summed E-state index contributed by atoms with van der Waals surface area (Å²) in [4.78, 5) is 37.7. The van der Waals surface area contributed by atoms with Gasteiger partial charge in [-0.25, -0.2) is 4.79 Å². The Bertz CT molecular complexity index is 1060. The van der Waals surface area contributed by atoms with E-state index in [-0.39, 0.29) is 18.9 Å². The molecule has 1 aromatic carbocycles. The predicted octanol–water partition coefficient (Wildman–Crippen LogP) is 2.51. The number of urea groups is 1. The second-order valence-electron chi connectivity index (χ2n) is 6.77. The summed E-state index contributed by atoms with van der Waals surface area (Å²) < 4.78 is 7.17. The van der Waals surface area contributed by atoms with Crippen LogP contribution < -0.4 is 10.6 Å². The monoisotopic (exact) mass is 414 g/mol. The van der Waals surface area contributed by atoms with Crippen molar-refractivity contribution in [3.8, 4) is 0 Å². The van der Waals surface area contributed by atoms with Gasteiger partial charge in [0.05, 0.1) is 19.2 Å². The Labute approximate surface area is 171 Å². The minimum atomic E-state index is -0.872. The third kappa shape index (κ3) is 4.12. The number of hydrogen-bond donors (Lipinski definition) is 2. The molecule has 1 atom stereocenters. The van der Waals surface area contributed by atoms with Crippen molar-refractivity contribution in [2.45, 2.75) is 25.6 Å². The van der Waals surface area contributed by atoms with E-state index in [1.165, 1.54) is 6.26 Å². The van der Waals surface area contributed by atoms with Crippen LogP contribution in [0.3, 0.4) is 0 Å². The van der Waals surface area contributed by atoms with Crippen molar-refractivity contribution in [3.63, 3.8) is 0 Å². The van der Waals surface area contributed by atoms with Crippen LogP contribution >= 0.6 is 11.6 Å². The van der Waals surface area contributed by atoms with Crippen LogP contribution in [0, 0.1) is 0 Å². The highest BCUT2D eigenvalue weighted by Crippen LogP contribution is 2.20. The van der Waals surface area contributed by atoms with Crippen LogP contribution in [0.5, 0.6) is 0 Å². The Morgan fingerprint density at radius 3 is 2.90 bits per heavy atom. The van der Waals surface area contributed by atoms with Crippen LogP contribution in [-0.2, 0) is 22.7 Å². The maximum Gasteiger partial charge on any atom is 0.325 e. The Morgan fingerprint density at radius 1 is 1.24 bits per heavy atom. The van der Waals surface area contributed by atoms with Gasteiger partial charge in [0.1, 0.15) is 11.8 Å². The number of imide groups is 1. The van der Waals surface area contributed by atoms with Gasteiger partial charge < -0.3 is 19.6 Å². The zero-order valence-corrected chi connectivity index (χ0v) is 16.2. The molecule has 1 fully saturated rings. The Balaban J connectivity index is 1.29. The number of nitrogens with one attached hydrogen (secondary N) is 2. The normalized spacial score (nSPS) is 16.4. The SMILES string of the molecule is O=C(C[C@H]1NC(=O)N(Cc2ccco2)C1=O)NCCn1ccc2ccc(Cl)cc21. The number of amides is 4. The standard InChI is InChI=1S/C20H19ClN4O4/c21-14-4-3-13-5-7-24(17(13)10-14)8-6-22-18(26)11-16-19(27)25(20(28)23-16)12-15-2-1-9-29-15/h1-5,7,9-10,16H,6,8,11-12H2,(H,22,26)(H,23,28)/t16-/m1/s1. The molecule has 1 saturated heterocycles. The van der Waals surface area contributed by atoms with Gasteiger partial charge in [0.15, 0.2) is 0 Å². The number of fused-ring (bicyclic) bond motifs is 1. The van der Waals surface area contributed by atoms with E-state index in [0.29, 0.717) is 23.9 Å². The predicted molar refractivity (Wildman–Crippen MR) is 106 cm³/mol. The molecule has 2 N–H and O–H groups in total. The van der Waals surface area contributed by atoms with Crippen LogP contribution in [0.2, 0.25) is 5.02 Å². The lowest BCUT2D eigenvalue weighted by Gasteiger charge is -2.12. The number of furan rings is 1. The zero-order valence-electron chi connectivity index (χ0n) is 15.4. The summed E-state index contributed by atoms with van der Waals surface area (Å²) >= 11 is 6.05. The molecule has 150 valence electrons. The first kappa shape index (κ1) is 19.1. The van der Waals surface area contributed by atoms with E-state index in [0.717, 1.165) is 15.8 Å². The topological polar surface area (TPSA) is 96.6 Å². The lowest BCUT2D eigenvalue weighted by atomic mass is 10.2. The molecule has 2 aromatic heterocycles. The molecular weight excluding hydrogens is 396 g/mol. The summed E-state index contributed by atoms with van der Waals surface area (Å²) in [6.07, 6.45) is 3.29. The average molecular weight is 415 g/mol. The van der Waals surface area contributed by atoms with Gasteiger partial charge >= 0.3 is 6.03 Å². The van der Waals surface area contributed by atoms with Gasteiger partial charge in [0.2, 0.25) is 5.91 Å². The van der Waals surface area contributed by atoms with Gasteiger partial charge in [-0.1, -0.05) is 17.7 Å². The molecule has 1 aliphatic heterocycles. The van der Waals surface area contributed by atoms with Gasteiger partial charge in [-0.05, 0) is 35.7 Å². The van der Waals surface area contributed by atoms with E-state index >= 15 is 0 Å². The molecule has 3 heterocycles. The van der Waals surface area contributed by atoms with Crippen LogP contribution in [-0.4, -0.2) is 39.9 Å². The number of rotatable bonds is 7. The van der Waals surface area contributed by atoms with E-state index in [2.05, 4.69) is 10.6 Å². The van der Waals surface area contributed by atoms with Crippen molar-refractivity contribution in [2.75, 3.05) is 6.54 Å². The first-order valence-electron chi connectivity index (χ1n) is 9.16. The van der Waals surface area contributed by atoms with E-state index in [1.807, 2.05) is 35.0 Å². The van der Waals surface area contributed by atoms with Gasteiger partial charge in [0, 0.05) is 29.8 Å². The molecule has 29 heavy (non-hydrogen) atoms. The van der Waals surface area contributed by atoms with Gasteiger partial charge in [-0.2, -0.15) is 0 Å². The third-order valence-corrected chi connectivity index (χ3v) is 5.04. The highest BCUT2D eigenvalue weighted by atomic mass is 35.5. The second kappa shape index (κ2) is 8.00. The summed E-state index contributed by atoms with van der Waals surface area (Å²) in [5.41, 5.74) is 0.985. The number of carbonyl (C=O) groups is 3. The minimum absolute atomic E-state index is 0.0407. The van der Waals surface area contributed by atoms with E-state index in [9.17, 15) is 14.4 Å². The lowest BCUT2D eigenvalue weighted by molar-refractivity contribution is -0.131. The van der Waals surface area contributed by atoms with Gasteiger partial charge in [-0.15, -0.1) is 0 Å². The molecule has 4 amide bonds. The van der Waals surface area contributed by atoms with Gasteiger partial charge in [-0.3, -0.25) is 14.5 Å². The number of aromatic nitrogens is 1. The van der Waals surface area contributed by atoms with Gasteiger partial charge in [0.25, 0.3) is 5.91 Å². The summed E-state index contributed by atoms with van der Waals surface area (Å²) in [5.74, 6) is -0.247. The van der Waals surface area contributed by atoms with E-state index < -0.39 is 18.0 Å². The number of carbonyl (C=O) groups excluding carboxylic acids is 3. The van der Waals surface area contributed by atoms with Crippen LogP contribution in [0.4, 0.5) is 4.79 Å². The van der Waals surface area contributed by atoms with Crippen molar-refractivity contribution in [1.82, 2.24) is 20.1 Å². The molecule has 0 radical (unpaired) electrons. The average Bonchev–Trinajstić information content (AvgIpc) is 3.40. The summed E-state index contributed by atoms with van der Waals surface area (Å²) in [5, 5.41) is 7.05. The maximum absolute atomic E-state index is 12.4. The smallest absolute Gasteiger partial charge is 0.325 e. The minimum Gasteiger partial charge on any atom is -0.467 e. The molecular formula is C20H19ClN4O4. The van der Waals surface area contributed by atoms with Crippen molar-refractivity contribution in [2.24, 2.45) is 0 Å². The first-order chi connectivity index (χ1) is 14.0. The number of halogens is 1. The molecule has 3 aromatic rings. The second-order valence-corrected chi connectivity index (χ2v) is 7.21. The van der Waals surface area contributed by atoms with Crippen molar-refractivity contribution in [3.05, 3.63) is 59.6 Å². The first-order valence-corrected chi connectivity index (χ1v) is 9.54. The Hall–Kier alpha value is -3.26. The van der Waals surface area contributed by atoms with Crippen LogP contribution in [0.15, 0.2) is 53.3 Å². The molecule has 0 saturated carbocycles. The fourth-order valence-corrected chi connectivity index (χ4v) is 3.52. The number of hydrogen-bond acceptors (Lipinski definition) is 4. The van der Waals surface area contributed by atoms with E-state index in [1.54, 1.807) is 12.1 Å². The summed E-state index contributed by atoms with van der Waals surface area (Å²) in [6.45, 7) is 0.990. The highest BCUT2D eigenvalue weighted by Gasteiger charge is 2.39. The molecule has 0 bridgehead atoms. The molecule has 0 unspecified atom stereocenters. The summed E-state index contributed by atoms with van der Waals surface area (Å²) in [7, 11) is 0. The Kier molecular flexibility index (Phi) is 5.26. The summed E-state index contributed by atoms with van der Waals surface area (Å²) in [6, 6.07) is 9.59. The molecule has 0 spiro atoms. The Morgan fingerprint density at radius 2 is 2.10 bits per heavy atom. The van der Waals surface area contributed by atoms with Crippen LogP contribution in [0.25, 0.3) is 10.9 Å². The molecule has 8 nitrogen and oxygen atoms in total. The number of benzene rings is 1. The van der Waals surface area contributed by atoms with Crippen molar-refractivity contribution >= 4 is 40.3 Å². The number of nitrogens with zero attached hydrogens (tertiary/aromatic N) is 2. The largest absolute Gasteiger partial charge is 0.467 e. The maximum atomic E-state index is 12.4. The molecule has 9 heteroatoms. The lowest BCUT2D eigenvalue weighted by Crippen LogP contribution is -2.37. The third-order valence-electron chi connectivity index (χ3n) is 4.80. The van der Waals surface area contributed by atoms with Crippen LogP contribution in [0.1, 0.15) is 12.2 Å². The fraction of sp³-hybridized carbons (Fsp3) is 0.250. The fourth-order valence-electron chi connectivity index (χ4n) is 3.35. The van der Waals surface area contributed by atoms with E-state index in [4.69, 9.17) is 16.0 Å².